The summed E-state index contributed by atoms with van der Waals surface area (Å²) in [5.74, 6) is -1.04. The summed E-state index contributed by atoms with van der Waals surface area (Å²) in [6.45, 7) is 6.43. The van der Waals surface area contributed by atoms with Crippen molar-refractivity contribution in [1.82, 2.24) is 10.2 Å². The minimum atomic E-state index is -0.868. The van der Waals surface area contributed by atoms with Crippen molar-refractivity contribution in [1.29, 1.82) is 0 Å². The molecule has 1 amide bonds. The molecule has 0 aliphatic carbocycles. The second kappa shape index (κ2) is 7.22. The van der Waals surface area contributed by atoms with E-state index in [9.17, 15) is 9.59 Å². The molecule has 0 aliphatic heterocycles. The highest BCUT2D eigenvalue weighted by molar-refractivity contribution is 5.79. The van der Waals surface area contributed by atoms with Crippen molar-refractivity contribution in [3.8, 4) is 0 Å². The van der Waals surface area contributed by atoms with Gasteiger partial charge in [0.1, 0.15) is 6.04 Å². The Morgan fingerprint density at radius 3 is 2.25 bits per heavy atom. The largest absolute Gasteiger partial charge is 0.480 e. The molecule has 0 radical (unpaired) electrons. The number of carboxylic acids is 1. The van der Waals surface area contributed by atoms with Crippen molar-refractivity contribution in [2.24, 2.45) is 5.92 Å². The van der Waals surface area contributed by atoms with E-state index in [-0.39, 0.29) is 18.4 Å². The number of carboxylic acid groups (broad SMARTS) is 1. The number of nitrogens with one attached hydrogen (secondary N) is 1. The first-order valence-corrected chi connectivity index (χ1v) is 5.61. The highest BCUT2D eigenvalue weighted by atomic mass is 16.4. The summed E-state index contributed by atoms with van der Waals surface area (Å²) in [7, 11) is 1.55. The predicted molar refractivity (Wildman–Crippen MR) is 62.2 cm³/mol. The number of carbonyl (C=O) groups is 2. The molecule has 1 unspecified atom stereocenters. The number of nitrogens with zero attached hydrogens (tertiary/aromatic N) is 1. The minimum Gasteiger partial charge on any atom is -0.480 e. The highest BCUT2D eigenvalue weighted by Crippen LogP contribution is 2.11. The molecule has 2 N–H and O–H groups in total. The lowest BCUT2D eigenvalue weighted by atomic mass is 10.0. The van der Waals surface area contributed by atoms with Gasteiger partial charge < -0.3 is 10.4 Å². The average molecular weight is 230 g/mol. The van der Waals surface area contributed by atoms with Gasteiger partial charge in [0.15, 0.2) is 0 Å². The first-order valence-electron chi connectivity index (χ1n) is 5.61. The molecule has 0 rings (SSSR count). The maximum Gasteiger partial charge on any atom is 0.321 e. The Balaban J connectivity index is 4.70. The summed E-state index contributed by atoms with van der Waals surface area (Å²) in [5.41, 5.74) is 0. The number of carbonyl (C=O) groups excluding carboxylic acids is 1. The van der Waals surface area contributed by atoms with Crippen molar-refractivity contribution in [3.05, 3.63) is 0 Å². The van der Waals surface area contributed by atoms with Gasteiger partial charge in [-0.25, -0.2) is 0 Å². The molecule has 0 heterocycles. The zero-order valence-corrected chi connectivity index (χ0v) is 10.5. The van der Waals surface area contributed by atoms with Gasteiger partial charge in [-0.05, 0) is 18.9 Å². The molecule has 16 heavy (non-hydrogen) atoms. The quantitative estimate of drug-likeness (QED) is 0.670. The molecule has 0 aromatic heterocycles. The summed E-state index contributed by atoms with van der Waals surface area (Å²) in [6.07, 6.45) is 0.827. The first kappa shape index (κ1) is 14.9. The van der Waals surface area contributed by atoms with E-state index in [0.29, 0.717) is 6.54 Å². The second-order valence-electron chi connectivity index (χ2n) is 4.17. The fourth-order valence-corrected chi connectivity index (χ4v) is 1.73. The van der Waals surface area contributed by atoms with E-state index >= 15 is 0 Å². The lowest BCUT2D eigenvalue weighted by molar-refractivity contribution is -0.145. The molecule has 0 aromatic carbocycles. The van der Waals surface area contributed by atoms with Crippen LogP contribution in [0, 0.1) is 5.92 Å². The van der Waals surface area contributed by atoms with Crippen LogP contribution in [0.25, 0.3) is 0 Å². The third-order valence-corrected chi connectivity index (χ3v) is 2.41. The molecule has 0 saturated heterocycles. The van der Waals surface area contributed by atoms with Gasteiger partial charge in [0, 0.05) is 7.05 Å². The Hall–Kier alpha value is -1.10. The van der Waals surface area contributed by atoms with Gasteiger partial charge in [0.05, 0.1) is 6.54 Å². The van der Waals surface area contributed by atoms with Crippen molar-refractivity contribution < 1.29 is 14.7 Å². The smallest absolute Gasteiger partial charge is 0.321 e. The fraction of sp³-hybridized carbons (Fsp3) is 0.818. The molecule has 0 aromatic rings. The second-order valence-corrected chi connectivity index (χ2v) is 4.17. The number of hydrogen-bond donors (Lipinski definition) is 2. The number of likely N-dealkylation sites (N-methyl/N-ethyl adjacent to an activating group) is 1. The van der Waals surface area contributed by atoms with Gasteiger partial charge in [0.2, 0.25) is 5.91 Å². The van der Waals surface area contributed by atoms with Crippen molar-refractivity contribution in [2.45, 2.75) is 33.2 Å². The van der Waals surface area contributed by atoms with Crippen LogP contribution >= 0.6 is 0 Å². The summed E-state index contributed by atoms with van der Waals surface area (Å²) < 4.78 is 0. The maximum atomic E-state index is 11.3. The molecule has 5 heteroatoms. The van der Waals surface area contributed by atoms with E-state index in [2.05, 4.69) is 5.32 Å². The van der Waals surface area contributed by atoms with Gasteiger partial charge in [-0.3, -0.25) is 14.5 Å². The summed E-state index contributed by atoms with van der Waals surface area (Å²) >= 11 is 0. The van der Waals surface area contributed by atoms with Gasteiger partial charge >= 0.3 is 5.97 Å². The molecular formula is C11H22N2O3. The average Bonchev–Trinajstić information content (AvgIpc) is 2.16. The molecular weight excluding hydrogens is 208 g/mol. The maximum absolute atomic E-state index is 11.3. The number of amides is 1. The van der Waals surface area contributed by atoms with Crippen LogP contribution in [0.5, 0.6) is 0 Å². The van der Waals surface area contributed by atoms with Crippen molar-refractivity contribution in [3.63, 3.8) is 0 Å². The lowest BCUT2D eigenvalue weighted by Gasteiger charge is -2.30. The van der Waals surface area contributed by atoms with Crippen LogP contribution in [0.2, 0.25) is 0 Å². The summed E-state index contributed by atoms with van der Waals surface area (Å²) in [5, 5.41) is 11.7. The van der Waals surface area contributed by atoms with E-state index in [1.807, 2.05) is 20.8 Å². The normalized spacial score (nSPS) is 12.9. The molecule has 0 bridgehead atoms. The topological polar surface area (TPSA) is 69.6 Å². The highest BCUT2D eigenvalue weighted by Gasteiger charge is 2.29. The van der Waals surface area contributed by atoms with Crippen molar-refractivity contribution >= 4 is 11.9 Å². The fourth-order valence-electron chi connectivity index (χ4n) is 1.73. The van der Waals surface area contributed by atoms with E-state index < -0.39 is 12.0 Å². The van der Waals surface area contributed by atoms with Crippen LogP contribution in [-0.2, 0) is 9.59 Å². The molecule has 1 atom stereocenters. The van der Waals surface area contributed by atoms with Gasteiger partial charge in [-0.15, -0.1) is 0 Å². The third kappa shape index (κ3) is 4.61. The Kier molecular flexibility index (Phi) is 6.72. The van der Waals surface area contributed by atoms with Crippen molar-refractivity contribution in [2.75, 3.05) is 20.1 Å². The zero-order valence-electron chi connectivity index (χ0n) is 10.5. The van der Waals surface area contributed by atoms with E-state index in [0.717, 1.165) is 6.42 Å². The molecule has 0 saturated carbocycles. The molecule has 5 nitrogen and oxygen atoms in total. The van der Waals surface area contributed by atoms with Crippen LogP contribution in [0.1, 0.15) is 27.2 Å². The Morgan fingerprint density at radius 2 is 1.94 bits per heavy atom. The van der Waals surface area contributed by atoms with Crippen LogP contribution in [-0.4, -0.2) is 48.1 Å². The standard InChI is InChI=1S/C11H22N2O3/c1-5-6-13(7-9(14)12-4)10(8(2)3)11(15)16/h8,10H,5-7H2,1-4H3,(H,12,14)(H,15,16). The Labute approximate surface area is 96.8 Å². The molecule has 94 valence electrons. The summed E-state index contributed by atoms with van der Waals surface area (Å²) in [6, 6.07) is -0.600. The molecule has 0 fully saturated rings. The third-order valence-electron chi connectivity index (χ3n) is 2.41. The van der Waals surface area contributed by atoms with Crippen LogP contribution in [0.4, 0.5) is 0 Å². The lowest BCUT2D eigenvalue weighted by Crippen LogP contribution is -2.49. The van der Waals surface area contributed by atoms with Crippen LogP contribution < -0.4 is 5.32 Å². The number of hydrogen-bond acceptors (Lipinski definition) is 3. The van der Waals surface area contributed by atoms with E-state index in [1.165, 1.54) is 0 Å². The summed E-state index contributed by atoms with van der Waals surface area (Å²) in [4.78, 5) is 24.2. The number of rotatable bonds is 7. The SMILES string of the molecule is CCCN(CC(=O)NC)C(C(=O)O)C(C)C. The molecule has 0 aliphatic rings. The van der Waals surface area contributed by atoms with Gasteiger partial charge in [-0.2, -0.15) is 0 Å². The Bertz CT molecular complexity index is 241. The minimum absolute atomic E-state index is 0.0197. The van der Waals surface area contributed by atoms with E-state index in [4.69, 9.17) is 5.11 Å². The predicted octanol–water partition coefficient (Wildman–Crippen LogP) is 0.554. The van der Waals surface area contributed by atoms with Crippen LogP contribution in [0.15, 0.2) is 0 Å². The van der Waals surface area contributed by atoms with Gasteiger partial charge in [-0.1, -0.05) is 20.8 Å². The zero-order chi connectivity index (χ0) is 12.7. The van der Waals surface area contributed by atoms with Crippen LogP contribution in [0.3, 0.4) is 0 Å². The molecule has 0 spiro atoms. The monoisotopic (exact) mass is 230 g/mol. The van der Waals surface area contributed by atoms with E-state index in [1.54, 1.807) is 11.9 Å². The van der Waals surface area contributed by atoms with Gasteiger partial charge in [0.25, 0.3) is 0 Å². The Morgan fingerprint density at radius 1 is 1.38 bits per heavy atom. The number of aliphatic carboxylic acids is 1. The first-order chi connectivity index (χ1) is 7.43.